The van der Waals surface area contributed by atoms with Crippen molar-refractivity contribution in [1.82, 2.24) is 9.62 Å². The molecule has 0 bridgehead atoms. The van der Waals surface area contributed by atoms with Crippen LogP contribution in [0.2, 0.25) is 0 Å². The highest BCUT2D eigenvalue weighted by Crippen LogP contribution is 2.22. The molecule has 1 atom stereocenters. The average molecular weight is 434 g/mol. The first-order chi connectivity index (χ1) is 14.3. The zero-order valence-corrected chi connectivity index (χ0v) is 17.3. The molecule has 2 aromatic carbocycles. The van der Waals surface area contributed by atoms with Crippen molar-refractivity contribution in [3.05, 3.63) is 65.5 Å². The predicted octanol–water partition coefficient (Wildman–Crippen LogP) is 2.47. The van der Waals surface area contributed by atoms with Gasteiger partial charge >= 0.3 is 5.97 Å². The van der Waals surface area contributed by atoms with E-state index in [9.17, 15) is 22.4 Å². The quantitative estimate of drug-likeness (QED) is 0.676. The van der Waals surface area contributed by atoms with E-state index in [-0.39, 0.29) is 22.8 Å². The number of esters is 1. The highest BCUT2D eigenvalue weighted by molar-refractivity contribution is 7.89. The summed E-state index contributed by atoms with van der Waals surface area (Å²) in [5.41, 5.74) is 0.747. The van der Waals surface area contributed by atoms with Crippen LogP contribution in [0.1, 0.15) is 35.7 Å². The standard InChI is InChI=1S/C21H23FN2O5S/c1-15(20(25)23-14-16-7-9-18(22)10-8-16)29-21(26)17-5-4-6-19(13-17)30(27,28)24-11-2-3-12-24/h4-10,13,15H,2-3,11-12,14H2,1H3,(H,23,25). The van der Waals surface area contributed by atoms with Crippen LogP contribution in [-0.4, -0.2) is 43.8 Å². The molecule has 1 fully saturated rings. The molecule has 30 heavy (non-hydrogen) atoms. The molecule has 2 aromatic rings. The molecule has 1 N–H and O–H groups in total. The van der Waals surface area contributed by atoms with E-state index in [4.69, 9.17) is 4.74 Å². The fraction of sp³-hybridized carbons (Fsp3) is 0.333. The molecule has 1 aliphatic heterocycles. The molecule has 7 nitrogen and oxygen atoms in total. The van der Waals surface area contributed by atoms with Gasteiger partial charge in [-0.1, -0.05) is 18.2 Å². The van der Waals surface area contributed by atoms with Crippen LogP contribution in [0.15, 0.2) is 53.4 Å². The van der Waals surface area contributed by atoms with Crippen LogP contribution in [0, 0.1) is 5.82 Å². The van der Waals surface area contributed by atoms with Crippen LogP contribution < -0.4 is 5.32 Å². The van der Waals surface area contributed by atoms with Crippen molar-refractivity contribution in [2.24, 2.45) is 0 Å². The van der Waals surface area contributed by atoms with Gasteiger partial charge in [0.15, 0.2) is 6.10 Å². The van der Waals surface area contributed by atoms with Crippen LogP contribution in [0.4, 0.5) is 4.39 Å². The number of hydrogen-bond donors (Lipinski definition) is 1. The third-order valence-corrected chi connectivity index (χ3v) is 6.70. The summed E-state index contributed by atoms with van der Waals surface area (Å²) in [6.07, 6.45) is 0.536. The van der Waals surface area contributed by atoms with E-state index in [2.05, 4.69) is 5.32 Å². The molecule has 160 valence electrons. The van der Waals surface area contributed by atoms with Gasteiger partial charge < -0.3 is 10.1 Å². The molecule has 3 rings (SSSR count). The molecule has 1 amide bonds. The zero-order chi connectivity index (χ0) is 21.7. The lowest BCUT2D eigenvalue weighted by Crippen LogP contribution is -2.35. The fourth-order valence-corrected chi connectivity index (χ4v) is 4.64. The highest BCUT2D eigenvalue weighted by Gasteiger charge is 2.28. The highest BCUT2D eigenvalue weighted by atomic mass is 32.2. The summed E-state index contributed by atoms with van der Waals surface area (Å²) < 4.78 is 44.8. The van der Waals surface area contributed by atoms with E-state index in [0.29, 0.717) is 18.7 Å². The first kappa shape index (κ1) is 21.9. The van der Waals surface area contributed by atoms with Gasteiger partial charge in [-0.2, -0.15) is 4.31 Å². The molecule has 1 aliphatic rings. The number of carbonyl (C=O) groups is 2. The monoisotopic (exact) mass is 434 g/mol. The predicted molar refractivity (Wildman–Crippen MR) is 108 cm³/mol. The topological polar surface area (TPSA) is 92.8 Å². The molecular weight excluding hydrogens is 411 g/mol. The normalized spacial score (nSPS) is 15.5. The van der Waals surface area contributed by atoms with Gasteiger partial charge in [-0.25, -0.2) is 17.6 Å². The smallest absolute Gasteiger partial charge is 0.338 e. The van der Waals surface area contributed by atoms with Gasteiger partial charge in [0, 0.05) is 19.6 Å². The van der Waals surface area contributed by atoms with Crippen LogP contribution >= 0.6 is 0 Å². The lowest BCUT2D eigenvalue weighted by molar-refractivity contribution is -0.129. The second kappa shape index (κ2) is 9.36. The molecule has 0 aromatic heterocycles. The minimum atomic E-state index is -3.66. The maximum absolute atomic E-state index is 12.9. The van der Waals surface area contributed by atoms with Crippen molar-refractivity contribution < 1.29 is 27.1 Å². The van der Waals surface area contributed by atoms with E-state index in [1.807, 2.05) is 0 Å². The average Bonchev–Trinajstić information content (AvgIpc) is 3.29. The Bertz CT molecular complexity index is 1020. The number of carbonyl (C=O) groups excluding carboxylic acids is 2. The number of nitrogens with zero attached hydrogens (tertiary/aromatic N) is 1. The molecule has 1 heterocycles. The van der Waals surface area contributed by atoms with Gasteiger partial charge in [0.1, 0.15) is 5.82 Å². The van der Waals surface area contributed by atoms with Gasteiger partial charge in [0.05, 0.1) is 10.5 Å². The van der Waals surface area contributed by atoms with Crippen molar-refractivity contribution in [3.8, 4) is 0 Å². The zero-order valence-electron chi connectivity index (χ0n) is 16.5. The molecular formula is C21H23FN2O5S. The third kappa shape index (κ3) is 5.22. The maximum Gasteiger partial charge on any atom is 0.338 e. The lowest BCUT2D eigenvalue weighted by Gasteiger charge is -2.16. The van der Waals surface area contributed by atoms with Gasteiger partial charge in [-0.05, 0) is 55.7 Å². The summed E-state index contributed by atoms with van der Waals surface area (Å²) in [6.45, 7) is 2.50. The SMILES string of the molecule is CC(OC(=O)c1cccc(S(=O)(=O)N2CCCC2)c1)C(=O)NCc1ccc(F)cc1. The van der Waals surface area contributed by atoms with Gasteiger partial charge in [0.2, 0.25) is 10.0 Å². The summed E-state index contributed by atoms with van der Waals surface area (Å²) in [6, 6.07) is 11.3. The minimum Gasteiger partial charge on any atom is -0.449 e. The Hall–Kier alpha value is -2.78. The number of rotatable bonds is 7. The minimum absolute atomic E-state index is 0.0206. The summed E-state index contributed by atoms with van der Waals surface area (Å²) >= 11 is 0. The second-order valence-corrected chi connectivity index (χ2v) is 8.97. The number of nitrogens with one attached hydrogen (secondary N) is 1. The molecule has 9 heteroatoms. The van der Waals surface area contributed by atoms with Crippen LogP contribution in [-0.2, 0) is 26.1 Å². The van der Waals surface area contributed by atoms with Crippen molar-refractivity contribution in [2.75, 3.05) is 13.1 Å². The molecule has 0 spiro atoms. The van der Waals surface area contributed by atoms with E-state index in [0.717, 1.165) is 12.8 Å². The van der Waals surface area contributed by atoms with E-state index < -0.39 is 28.0 Å². The number of hydrogen-bond acceptors (Lipinski definition) is 5. The number of amides is 1. The summed E-state index contributed by atoms with van der Waals surface area (Å²) in [7, 11) is -3.66. The molecule has 1 unspecified atom stereocenters. The van der Waals surface area contributed by atoms with E-state index in [1.54, 1.807) is 12.1 Å². The van der Waals surface area contributed by atoms with Gasteiger partial charge in [-0.3, -0.25) is 4.79 Å². The Labute approximate surface area is 174 Å². The Kier molecular flexibility index (Phi) is 6.84. The second-order valence-electron chi connectivity index (χ2n) is 7.03. The first-order valence-corrected chi connectivity index (χ1v) is 11.0. The summed E-state index contributed by atoms with van der Waals surface area (Å²) in [5.74, 6) is -1.69. The molecule has 0 aliphatic carbocycles. The Morgan fingerprint density at radius 2 is 1.80 bits per heavy atom. The molecule has 0 saturated carbocycles. The number of halogens is 1. The molecule has 1 saturated heterocycles. The number of sulfonamides is 1. The van der Waals surface area contributed by atoms with Crippen LogP contribution in [0.5, 0.6) is 0 Å². The summed E-state index contributed by atoms with van der Waals surface area (Å²) in [4.78, 5) is 24.6. The maximum atomic E-state index is 12.9. The van der Waals surface area contributed by atoms with Gasteiger partial charge in [0.25, 0.3) is 5.91 Å². The first-order valence-electron chi connectivity index (χ1n) is 9.61. The lowest BCUT2D eigenvalue weighted by atomic mass is 10.2. The largest absolute Gasteiger partial charge is 0.449 e. The third-order valence-electron chi connectivity index (χ3n) is 4.81. The number of benzene rings is 2. The summed E-state index contributed by atoms with van der Waals surface area (Å²) in [5, 5.41) is 2.61. The Morgan fingerprint density at radius 3 is 2.47 bits per heavy atom. The molecule has 0 radical (unpaired) electrons. The van der Waals surface area contributed by atoms with Crippen molar-refractivity contribution >= 4 is 21.9 Å². The fourth-order valence-electron chi connectivity index (χ4n) is 3.08. The van der Waals surface area contributed by atoms with Crippen molar-refractivity contribution in [3.63, 3.8) is 0 Å². The van der Waals surface area contributed by atoms with Crippen LogP contribution in [0.3, 0.4) is 0 Å². The van der Waals surface area contributed by atoms with E-state index >= 15 is 0 Å². The van der Waals surface area contributed by atoms with Crippen molar-refractivity contribution in [2.45, 2.75) is 37.3 Å². The van der Waals surface area contributed by atoms with Crippen LogP contribution in [0.25, 0.3) is 0 Å². The van der Waals surface area contributed by atoms with E-state index in [1.165, 1.54) is 47.6 Å². The van der Waals surface area contributed by atoms with Crippen molar-refractivity contribution in [1.29, 1.82) is 0 Å². The number of ether oxygens (including phenoxy) is 1. The Balaban J connectivity index is 1.61. The Morgan fingerprint density at radius 1 is 1.13 bits per heavy atom. The van der Waals surface area contributed by atoms with Gasteiger partial charge in [-0.15, -0.1) is 0 Å².